The predicted octanol–water partition coefficient (Wildman–Crippen LogP) is 5.40. The number of thioether (sulfide) groups is 1. The second-order valence-corrected chi connectivity index (χ2v) is 8.07. The molecule has 0 unspecified atom stereocenters. The summed E-state index contributed by atoms with van der Waals surface area (Å²) in [7, 11) is 1.56. The highest BCUT2D eigenvalue weighted by atomic mass is 79.9. The van der Waals surface area contributed by atoms with E-state index in [9.17, 15) is 9.59 Å². The van der Waals surface area contributed by atoms with E-state index in [1.54, 1.807) is 19.3 Å². The van der Waals surface area contributed by atoms with E-state index in [2.05, 4.69) is 15.9 Å². The van der Waals surface area contributed by atoms with Crippen molar-refractivity contribution in [3.63, 3.8) is 0 Å². The van der Waals surface area contributed by atoms with E-state index in [1.165, 1.54) is 4.90 Å². The normalized spacial score (nSPS) is 15.4. The molecule has 5 nitrogen and oxygen atoms in total. The molecule has 0 bridgehead atoms. The van der Waals surface area contributed by atoms with Gasteiger partial charge in [-0.15, -0.1) is 0 Å². The van der Waals surface area contributed by atoms with E-state index in [0.29, 0.717) is 23.0 Å². The van der Waals surface area contributed by atoms with E-state index >= 15 is 0 Å². The van der Waals surface area contributed by atoms with Crippen molar-refractivity contribution in [3.05, 3.63) is 62.5 Å². The predicted molar refractivity (Wildman–Crippen MR) is 115 cm³/mol. The molecule has 1 aliphatic heterocycles. The Balaban J connectivity index is 1.85. The summed E-state index contributed by atoms with van der Waals surface area (Å²) < 4.78 is 11.7. The second-order valence-electron chi connectivity index (χ2n) is 6.22. The zero-order valence-corrected chi connectivity index (χ0v) is 18.2. The Bertz CT molecular complexity index is 940. The van der Waals surface area contributed by atoms with Crippen molar-refractivity contribution in [2.24, 2.45) is 0 Å². The second kappa shape index (κ2) is 8.84. The number of imide groups is 1. The van der Waals surface area contributed by atoms with Gasteiger partial charge in [0.2, 0.25) is 0 Å². The van der Waals surface area contributed by atoms with Crippen LogP contribution in [0.3, 0.4) is 0 Å². The summed E-state index contributed by atoms with van der Waals surface area (Å²) in [5, 5.41) is -0.270. The monoisotopic (exact) mass is 461 g/mol. The molecule has 7 heteroatoms. The van der Waals surface area contributed by atoms with Gasteiger partial charge in [0.15, 0.2) is 11.5 Å². The number of hydrogen-bond acceptors (Lipinski definition) is 5. The Hall–Kier alpha value is -2.25. The third-order valence-electron chi connectivity index (χ3n) is 4.17. The fourth-order valence-electron chi connectivity index (χ4n) is 2.77. The maximum atomic E-state index is 12.7. The van der Waals surface area contributed by atoms with E-state index in [0.717, 1.165) is 32.9 Å². The molecule has 0 aromatic heterocycles. The minimum absolute atomic E-state index is 0.262. The van der Waals surface area contributed by atoms with Crippen molar-refractivity contribution >= 4 is 44.9 Å². The van der Waals surface area contributed by atoms with Crippen LogP contribution in [0.5, 0.6) is 11.5 Å². The number of rotatable bonds is 6. The molecule has 1 heterocycles. The van der Waals surface area contributed by atoms with Gasteiger partial charge < -0.3 is 9.47 Å². The lowest BCUT2D eigenvalue weighted by Crippen LogP contribution is -2.27. The van der Waals surface area contributed by atoms with Crippen LogP contribution in [0.25, 0.3) is 6.08 Å². The van der Waals surface area contributed by atoms with Crippen molar-refractivity contribution in [2.45, 2.75) is 20.4 Å². The SMILES string of the molecule is CCOc1c(Br)cc(/C=C2\SC(=O)N(Cc3ccc(C)cc3)C2=O)cc1OC. The number of halogens is 1. The first kappa shape index (κ1) is 20.5. The average Bonchev–Trinajstić information content (AvgIpc) is 2.92. The Labute approximate surface area is 176 Å². The molecule has 0 spiro atoms. The van der Waals surface area contributed by atoms with Gasteiger partial charge in [-0.1, -0.05) is 29.8 Å². The summed E-state index contributed by atoms with van der Waals surface area (Å²) in [5.74, 6) is 0.871. The van der Waals surface area contributed by atoms with Gasteiger partial charge in [0.1, 0.15) is 0 Å². The zero-order chi connectivity index (χ0) is 20.3. The van der Waals surface area contributed by atoms with Gasteiger partial charge in [0.25, 0.3) is 11.1 Å². The fourth-order valence-corrected chi connectivity index (χ4v) is 4.18. The Morgan fingerprint density at radius 1 is 1.18 bits per heavy atom. The summed E-state index contributed by atoms with van der Waals surface area (Å²) in [6.45, 7) is 4.66. The van der Waals surface area contributed by atoms with E-state index < -0.39 is 0 Å². The Morgan fingerprint density at radius 3 is 2.54 bits per heavy atom. The molecule has 2 aromatic carbocycles. The first-order valence-corrected chi connectivity index (χ1v) is 10.3. The highest BCUT2D eigenvalue weighted by molar-refractivity contribution is 9.10. The topological polar surface area (TPSA) is 55.8 Å². The Morgan fingerprint density at radius 2 is 1.89 bits per heavy atom. The van der Waals surface area contributed by atoms with Crippen molar-refractivity contribution < 1.29 is 19.1 Å². The number of amides is 2. The molecule has 0 atom stereocenters. The van der Waals surface area contributed by atoms with E-state index in [1.807, 2.05) is 44.2 Å². The fraction of sp³-hybridized carbons (Fsp3) is 0.238. The molecule has 0 aliphatic carbocycles. The first-order valence-electron chi connectivity index (χ1n) is 8.74. The van der Waals surface area contributed by atoms with Gasteiger partial charge in [0, 0.05) is 0 Å². The molecule has 0 N–H and O–H groups in total. The number of nitrogens with zero attached hydrogens (tertiary/aromatic N) is 1. The van der Waals surface area contributed by atoms with Gasteiger partial charge in [-0.25, -0.2) is 0 Å². The van der Waals surface area contributed by atoms with Gasteiger partial charge in [-0.3, -0.25) is 14.5 Å². The van der Waals surface area contributed by atoms with Crippen LogP contribution in [-0.2, 0) is 11.3 Å². The van der Waals surface area contributed by atoms with Gasteiger partial charge in [-0.2, -0.15) is 0 Å². The lowest BCUT2D eigenvalue weighted by atomic mass is 10.1. The number of hydrogen-bond donors (Lipinski definition) is 0. The number of methoxy groups -OCH3 is 1. The quantitative estimate of drug-likeness (QED) is 0.538. The molecular formula is C21H20BrNO4S. The van der Waals surface area contributed by atoms with Gasteiger partial charge >= 0.3 is 0 Å². The molecule has 1 fully saturated rings. The molecule has 28 heavy (non-hydrogen) atoms. The minimum atomic E-state index is -0.292. The maximum absolute atomic E-state index is 12.7. The lowest BCUT2D eigenvalue weighted by molar-refractivity contribution is -0.123. The zero-order valence-electron chi connectivity index (χ0n) is 15.8. The number of carbonyl (C=O) groups excluding carboxylic acids is 2. The number of benzene rings is 2. The molecule has 0 saturated carbocycles. The summed E-state index contributed by atoms with van der Waals surface area (Å²) in [5.41, 5.74) is 2.79. The molecular weight excluding hydrogens is 442 g/mol. The van der Waals surface area contributed by atoms with Crippen LogP contribution in [0.15, 0.2) is 45.8 Å². The van der Waals surface area contributed by atoms with Crippen LogP contribution in [0, 0.1) is 6.92 Å². The van der Waals surface area contributed by atoms with E-state index in [4.69, 9.17) is 9.47 Å². The highest BCUT2D eigenvalue weighted by Gasteiger charge is 2.35. The highest BCUT2D eigenvalue weighted by Crippen LogP contribution is 2.39. The third-order valence-corrected chi connectivity index (χ3v) is 5.67. The smallest absolute Gasteiger partial charge is 0.293 e. The molecule has 0 radical (unpaired) electrons. The molecule has 2 amide bonds. The van der Waals surface area contributed by atoms with Crippen molar-refractivity contribution in [3.8, 4) is 11.5 Å². The number of ether oxygens (including phenoxy) is 2. The number of aryl methyl sites for hydroxylation is 1. The summed E-state index contributed by atoms with van der Waals surface area (Å²) in [4.78, 5) is 26.8. The van der Waals surface area contributed by atoms with Crippen molar-refractivity contribution in [2.75, 3.05) is 13.7 Å². The number of carbonyl (C=O) groups is 2. The van der Waals surface area contributed by atoms with Crippen LogP contribution in [0.1, 0.15) is 23.6 Å². The summed E-state index contributed by atoms with van der Waals surface area (Å²) in [6.07, 6.45) is 1.70. The largest absolute Gasteiger partial charge is 0.493 e. The third kappa shape index (κ3) is 4.42. The van der Waals surface area contributed by atoms with Crippen LogP contribution in [-0.4, -0.2) is 29.8 Å². The van der Waals surface area contributed by atoms with Gasteiger partial charge in [0.05, 0.1) is 29.6 Å². The van der Waals surface area contributed by atoms with Crippen LogP contribution < -0.4 is 9.47 Å². The van der Waals surface area contributed by atoms with Crippen LogP contribution in [0.2, 0.25) is 0 Å². The molecule has 3 rings (SSSR count). The minimum Gasteiger partial charge on any atom is -0.493 e. The molecule has 146 valence electrons. The summed E-state index contributed by atoms with van der Waals surface area (Å²) in [6, 6.07) is 11.4. The van der Waals surface area contributed by atoms with Crippen LogP contribution >= 0.6 is 27.7 Å². The average molecular weight is 462 g/mol. The standard InChI is InChI=1S/C21H20BrNO4S/c1-4-27-19-16(22)9-15(10-17(19)26-3)11-18-20(24)23(21(25)28-18)12-14-7-5-13(2)6-8-14/h5-11H,4,12H2,1-3H3/b18-11-. The maximum Gasteiger partial charge on any atom is 0.293 e. The lowest BCUT2D eigenvalue weighted by Gasteiger charge is -2.13. The molecule has 1 aliphatic rings. The Kier molecular flexibility index (Phi) is 6.46. The van der Waals surface area contributed by atoms with Gasteiger partial charge in [-0.05, 0) is 70.9 Å². The van der Waals surface area contributed by atoms with Crippen molar-refractivity contribution in [1.82, 2.24) is 4.90 Å². The van der Waals surface area contributed by atoms with Crippen molar-refractivity contribution in [1.29, 1.82) is 0 Å². The molecule has 1 saturated heterocycles. The first-order chi connectivity index (χ1) is 13.4. The molecule has 2 aromatic rings. The summed E-state index contributed by atoms with van der Waals surface area (Å²) >= 11 is 4.42. The van der Waals surface area contributed by atoms with E-state index in [-0.39, 0.29) is 17.7 Å². The van der Waals surface area contributed by atoms with Crippen LogP contribution in [0.4, 0.5) is 4.79 Å².